The molecule has 0 aromatic heterocycles. The Kier molecular flexibility index (Phi) is 6.98. The van der Waals surface area contributed by atoms with E-state index in [4.69, 9.17) is 26.8 Å². The molecule has 0 aliphatic heterocycles. The fourth-order valence-corrected chi connectivity index (χ4v) is 2.80. The number of alkyl halides is 3. The van der Waals surface area contributed by atoms with Crippen LogP contribution in [0, 0.1) is 0 Å². The molecule has 0 radical (unpaired) electrons. The zero-order valence-corrected chi connectivity index (χ0v) is 15.8. The van der Waals surface area contributed by atoms with Crippen LogP contribution in [0.15, 0.2) is 41.3 Å². The lowest BCUT2D eigenvalue weighted by molar-refractivity contribution is -0.138. The molecule has 2 aromatic carbocycles. The van der Waals surface area contributed by atoms with Crippen molar-refractivity contribution in [2.75, 3.05) is 7.11 Å². The van der Waals surface area contributed by atoms with Gasteiger partial charge in [0.25, 0.3) is 5.24 Å². The van der Waals surface area contributed by atoms with E-state index >= 15 is 0 Å². The monoisotopic (exact) mass is 431 g/mol. The van der Waals surface area contributed by atoms with Crippen molar-refractivity contribution in [2.45, 2.75) is 6.18 Å². The molecule has 0 saturated heterocycles. The Balaban J connectivity index is 2.40. The van der Waals surface area contributed by atoms with Crippen molar-refractivity contribution >= 4 is 41.0 Å². The highest BCUT2D eigenvalue weighted by Gasteiger charge is 2.35. The summed E-state index contributed by atoms with van der Waals surface area (Å²) in [5, 5.41) is -0.840. The Labute approximate surface area is 167 Å². The number of carbonyl (C=O) groups is 2. The van der Waals surface area contributed by atoms with Crippen LogP contribution in [-0.4, -0.2) is 18.6 Å². The van der Waals surface area contributed by atoms with Crippen LogP contribution < -0.4 is 15.2 Å². The highest BCUT2D eigenvalue weighted by atomic mass is 35.5. The number of methoxy groups -OCH3 is 1. The highest BCUT2D eigenvalue weighted by Crippen LogP contribution is 2.41. The minimum atomic E-state index is -4.67. The number of amides is 1. The third kappa shape index (κ3) is 5.67. The van der Waals surface area contributed by atoms with Gasteiger partial charge in [-0.1, -0.05) is 17.7 Å². The fourth-order valence-electron chi connectivity index (χ4n) is 2.16. The van der Waals surface area contributed by atoms with E-state index in [0.717, 1.165) is 12.1 Å². The Bertz CT molecular complexity index is 932. The maximum atomic E-state index is 13.2. The van der Waals surface area contributed by atoms with Crippen molar-refractivity contribution in [3.05, 3.63) is 57.5 Å². The zero-order valence-electron chi connectivity index (χ0n) is 14.2. The predicted octanol–water partition coefficient (Wildman–Crippen LogP) is 5.51. The molecular weight excluding hydrogens is 419 g/mol. The summed E-state index contributed by atoms with van der Waals surface area (Å²) in [5.41, 5.74) is 4.44. The van der Waals surface area contributed by atoms with Gasteiger partial charge in [0, 0.05) is 5.02 Å². The minimum Gasteiger partial charge on any atom is -0.493 e. The molecule has 0 atom stereocenters. The number of nitrogens with two attached hydrogens (primary N) is 1. The van der Waals surface area contributed by atoms with Crippen molar-refractivity contribution in [3.8, 4) is 17.2 Å². The maximum Gasteiger partial charge on any atom is 0.420 e. The predicted molar refractivity (Wildman–Crippen MR) is 101 cm³/mol. The number of aldehydes is 1. The smallest absolute Gasteiger partial charge is 0.420 e. The molecule has 0 fully saturated rings. The van der Waals surface area contributed by atoms with Crippen molar-refractivity contribution in [1.82, 2.24) is 0 Å². The third-order valence-corrected chi connectivity index (χ3v) is 4.18. The summed E-state index contributed by atoms with van der Waals surface area (Å²) in [7, 11) is 1.31. The van der Waals surface area contributed by atoms with Crippen molar-refractivity contribution in [3.63, 3.8) is 0 Å². The second kappa shape index (κ2) is 9.03. The van der Waals surface area contributed by atoms with Gasteiger partial charge in [0.05, 0.1) is 17.6 Å². The molecule has 0 unspecified atom stereocenters. The Morgan fingerprint density at radius 2 is 1.82 bits per heavy atom. The highest BCUT2D eigenvalue weighted by molar-refractivity contribution is 8.17. The van der Waals surface area contributed by atoms with Gasteiger partial charge in [0.15, 0.2) is 17.8 Å². The molecule has 2 N–H and O–H groups in total. The van der Waals surface area contributed by atoms with Crippen LogP contribution in [0.4, 0.5) is 18.0 Å². The summed E-state index contributed by atoms with van der Waals surface area (Å²) in [5.74, 6) is -0.315. The topological polar surface area (TPSA) is 78.6 Å². The molecule has 0 spiro atoms. The van der Waals surface area contributed by atoms with Crippen LogP contribution in [0.5, 0.6) is 17.2 Å². The Hall–Kier alpha value is -2.65. The molecule has 148 valence electrons. The molecular formula is C18H13ClF3NO4S. The molecule has 2 aromatic rings. The summed E-state index contributed by atoms with van der Waals surface area (Å²) >= 11 is 6.20. The van der Waals surface area contributed by atoms with E-state index in [2.05, 4.69) is 0 Å². The lowest BCUT2D eigenvalue weighted by Crippen LogP contribution is -2.07. The van der Waals surface area contributed by atoms with E-state index in [1.807, 2.05) is 0 Å². The molecule has 5 nitrogen and oxygen atoms in total. The van der Waals surface area contributed by atoms with Gasteiger partial charge in [0.2, 0.25) is 0 Å². The van der Waals surface area contributed by atoms with Gasteiger partial charge in [-0.25, -0.2) is 0 Å². The first-order valence-corrected chi connectivity index (χ1v) is 8.70. The number of halogens is 4. The van der Waals surface area contributed by atoms with Crippen molar-refractivity contribution < 1.29 is 32.2 Å². The summed E-state index contributed by atoms with van der Waals surface area (Å²) < 4.78 is 50.2. The first-order valence-electron chi connectivity index (χ1n) is 7.51. The SMILES string of the molecule is COc1cc(/C=C(/C=O)SC(N)=O)ccc1Oc1ccc(Cl)cc1C(F)(F)F. The molecule has 2 rings (SSSR count). The van der Waals surface area contributed by atoms with Gasteiger partial charge in [-0.15, -0.1) is 0 Å². The minimum absolute atomic E-state index is 0.0164. The van der Waals surface area contributed by atoms with Gasteiger partial charge in [-0.05, 0) is 53.7 Å². The van der Waals surface area contributed by atoms with Crippen LogP contribution in [0.25, 0.3) is 6.08 Å². The lowest BCUT2D eigenvalue weighted by atomic mass is 10.1. The van der Waals surface area contributed by atoms with Gasteiger partial charge in [0.1, 0.15) is 5.75 Å². The number of primary amides is 1. The van der Waals surface area contributed by atoms with E-state index < -0.39 is 22.7 Å². The molecule has 0 aliphatic carbocycles. The average molecular weight is 432 g/mol. The number of thioether (sulfide) groups is 1. The van der Waals surface area contributed by atoms with E-state index in [9.17, 15) is 22.8 Å². The van der Waals surface area contributed by atoms with Crippen LogP contribution >= 0.6 is 23.4 Å². The quantitative estimate of drug-likeness (QED) is 0.482. The van der Waals surface area contributed by atoms with Gasteiger partial charge in [-0.3, -0.25) is 9.59 Å². The normalized spacial score (nSPS) is 11.8. The Morgan fingerprint density at radius 3 is 2.39 bits per heavy atom. The largest absolute Gasteiger partial charge is 0.493 e. The van der Waals surface area contributed by atoms with E-state index in [0.29, 0.717) is 23.6 Å². The molecule has 0 heterocycles. The fraction of sp³-hybridized carbons (Fsp3) is 0.111. The van der Waals surface area contributed by atoms with Crippen LogP contribution in [0.2, 0.25) is 5.02 Å². The summed E-state index contributed by atoms with van der Waals surface area (Å²) in [6, 6.07) is 7.42. The van der Waals surface area contributed by atoms with Crippen LogP contribution in [-0.2, 0) is 11.0 Å². The van der Waals surface area contributed by atoms with E-state index in [1.165, 1.54) is 37.5 Å². The molecule has 28 heavy (non-hydrogen) atoms. The van der Waals surface area contributed by atoms with Crippen molar-refractivity contribution in [2.24, 2.45) is 5.73 Å². The van der Waals surface area contributed by atoms with E-state index in [1.54, 1.807) is 0 Å². The van der Waals surface area contributed by atoms with Gasteiger partial charge >= 0.3 is 6.18 Å². The number of hydrogen-bond acceptors (Lipinski definition) is 5. The number of allylic oxidation sites excluding steroid dienone is 1. The summed E-state index contributed by atoms with van der Waals surface area (Å²) in [6.45, 7) is 0. The molecule has 0 bridgehead atoms. The van der Waals surface area contributed by atoms with Gasteiger partial charge < -0.3 is 15.2 Å². The average Bonchev–Trinajstić information content (AvgIpc) is 2.62. The third-order valence-electron chi connectivity index (χ3n) is 3.30. The number of benzene rings is 2. The molecule has 10 heteroatoms. The first-order chi connectivity index (χ1) is 13.1. The van der Waals surface area contributed by atoms with Crippen LogP contribution in [0.3, 0.4) is 0 Å². The maximum absolute atomic E-state index is 13.2. The van der Waals surface area contributed by atoms with E-state index in [-0.39, 0.29) is 21.4 Å². The van der Waals surface area contributed by atoms with Crippen molar-refractivity contribution in [1.29, 1.82) is 0 Å². The number of ether oxygens (including phenoxy) is 2. The summed E-state index contributed by atoms with van der Waals surface area (Å²) in [4.78, 5) is 22.0. The Morgan fingerprint density at radius 1 is 1.14 bits per heavy atom. The zero-order chi connectivity index (χ0) is 20.9. The standard InChI is InChI=1S/C18H13ClF3NO4S/c1-26-16-7-10(6-12(9-24)28-17(23)25)2-4-15(16)27-14-5-3-11(19)8-13(14)18(20,21)22/h2-9H,1H3,(H2,23,25)/b12-6-. The van der Waals surface area contributed by atoms with Crippen LogP contribution in [0.1, 0.15) is 11.1 Å². The lowest BCUT2D eigenvalue weighted by Gasteiger charge is -2.16. The second-order valence-corrected chi connectivity index (χ2v) is 6.75. The summed E-state index contributed by atoms with van der Waals surface area (Å²) in [6.07, 6.45) is -2.84. The first kappa shape index (κ1) is 21.6. The number of rotatable bonds is 6. The van der Waals surface area contributed by atoms with Gasteiger partial charge in [-0.2, -0.15) is 13.2 Å². The number of carbonyl (C=O) groups excluding carboxylic acids is 2. The molecule has 1 amide bonds. The molecule has 0 aliphatic rings. The second-order valence-electron chi connectivity index (χ2n) is 5.24. The molecule has 0 saturated carbocycles. The number of hydrogen-bond donors (Lipinski definition) is 1.